The number of benzene rings is 1. The van der Waals surface area contributed by atoms with Crippen LogP contribution in [0.3, 0.4) is 0 Å². The summed E-state index contributed by atoms with van der Waals surface area (Å²) in [6, 6.07) is 3.52. The first-order valence-corrected chi connectivity index (χ1v) is 6.14. The molecular formula is C14H16FN3O2. The van der Waals surface area contributed by atoms with Crippen molar-refractivity contribution in [3.63, 3.8) is 0 Å². The van der Waals surface area contributed by atoms with E-state index in [1.807, 2.05) is 0 Å². The van der Waals surface area contributed by atoms with Gasteiger partial charge in [0.2, 0.25) is 5.75 Å². The number of hydrogen-bond acceptors (Lipinski definition) is 4. The number of anilines is 1. The lowest BCUT2D eigenvalue weighted by molar-refractivity contribution is 0.408. The van der Waals surface area contributed by atoms with Gasteiger partial charge in [-0.05, 0) is 30.5 Å². The topological polar surface area (TPSA) is 67.0 Å². The van der Waals surface area contributed by atoms with Gasteiger partial charge in [0.25, 0.3) is 5.56 Å². The summed E-state index contributed by atoms with van der Waals surface area (Å²) in [6.45, 7) is 3.87. The molecule has 6 heteroatoms. The Hall–Kier alpha value is -2.37. The SMILES string of the molecule is COc1c(NCc2cc(C)c(F)c(C)c2)nc[nH]c1=O. The number of aromatic amines is 1. The van der Waals surface area contributed by atoms with Crippen molar-refractivity contribution in [1.82, 2.24) is 9.97 Å². The molecule has 0 saturated carbocycles. The van der Waals surface area contributed by atoms with Gasteiger partial charge in [-0.1, -0.05) is 12.1 Å². The van der Waals surface area contributed by atoms with Crippen LogP contribution in [0.4, 0.5) is 10.2 Å². The molecule has 0 saturated heterocycles. The fourth-order valence-electron chi connectivity index (χ4n) is 2.03. The summed E-state index contributed by atoms with van der Waals surface area (Å²) in [7, 11) is 1.41. The van der Waals surface area contributed by atoms with Gasteiger partial charge in [-0.25, -0.2) is 9.37 Å². The third-order valence-electron chi connectivity index (χ3n) is 2.97. The molecule has 1 aromatic heterocycles. The first-order chi connectivity index (χ1) is 9.52. The van der Waals surface area contributed by atoms with Crippen LogP contribution in [-0.2, 0) is 6.54 Å². The largest absolute Gasteiger partial charge is 0.489 e. The number of ether oxygens (including phenoxy) is 1. The van der Waals surface area contributed by atoms with Gasteiger partial charge in [0, 0.05) is 6.54 Å². The van der Waals surface area contributed by atoms with Crippen LogP contribution in [0.15, 0.2) is 23.3 Å². The molecule has 5 nitrogen and oxygen atoms in total. The van der Waals surface area contributed by atoms with Crippen molar-refractivity contribution in [2.75, 3.05) is 12.4 Å². The highest BCUT2D eigenvalue weighted by Gasteiger charge is 2.09. The van der Waals surface area contributed by atoms with E-state index in [0.717, 1.165) is 5.56 Å². The first kappa shape index (κ1) is 14.0. The summed E-state index contributed by atoms with van der Waals surface area (Å²) >= 11 is 0. The zero-order chi connectivity index (χ0) is 14.7. The zero-order valence-corrected chi connectivity index (χ0v) is 11.6. The number of hydrogen-bond donors (Lipinski definition) is 2. The molecule has 0 bridgehead atoms. The maximum absolute atomic E-state index is 13.5. The molecule has 0 atom stereocenters. The van der Waals surface area contributed by atoms with Crippen LogP contribution in [0, 0.1) is 19.7 Å². The van der Waals surface area contributed by atoms with Crippen LogP contribution < -0.4 is 15.6 Å². The van der Waals surface area contributed by atoms with Crippen LogP contribution in [0.2, 0.25) is 0 Å². The fourth-order valence-corrected chi connectivity index (χ4v) is 2.03. The standard InChI is InChI=1S/C14H16FN3O2/c1-8-4-10(5-9(2)11(8)15)6-16-13-12(20-3)14(19)18-7-17-13/h4-5,7H,6H2,1-3H3,(H2,16,17,18,19). The molecule has 2 aromatic rings. The maximum Gasteiger partial charge on any atom is 0.295 e. The van der Waals surface area contributed by atoms with Gasteiger partial charge >= 0.3 is 0 Å². The number of aryl methyl sites for hydroxylation is 2. The molecule has 0 fully saturated rings. The molecule has 1 heterocycles. The summed E-state index contributed by atoms with van der Waals surface area (Å²) in [5.41, 5.74) is 1.74. The minimum atomic E-state index is -0.350. The molecule has 1 aromatic carbocycles. The van der Waals surface area contributed by atoms with Gasteiger partial charge in [0.1, 0.15) is 5.82 Å². The molecule has 0 amide bonds. The first-order valence-electron chi connectivity index (χ1n) is 6.14. The van der Waals surface area contributed by atoms with E-state index in [4.69, 9.17) is 4.74 Å². The van der Waals surface area contributed by atoms with E-state index in [1.54, 1.807) is 26.0 Å². The lowest BCUT2D eigenvalue weighted by Crippen LogP contribution is -2.14. The number of H-pyrrole nitrogens is 1. The van der Waals surface area contributed by atoms with Crippen molar-refractivity contribution in [3.05, 3.63) is 51.3 Å². The number of rotatable bonds is 4. The normalized spacial score (nSPS) is 10.4. The van der Waals surface area contributed by atoms with Crippen molar-refractivity contribution >= 4 is 5.82 Å². The highest BCUT2D eigenvalue weighted by Crippen LogP contribution is 2.18. The van der Waals surface area contributed by atoms with Gasteiger partial charge in [0.15, 0.2) is 5.82 Å². The molecular weight excluding hydrogens is 261 g/mol. The van der Waals surface area contributed by atoms with Crippen LogP contribution >= 0.6 is 0 Å². The third-order valence-corrected chi connectivity index (χ3v) is 2.97. The summed E-state index contributed by atoms with van der Waals surface area (Å²) < 4.78 is 18.5. The highest BCUT2D eigenvalue weighted by molar-refractivity contribution is 5.48. The van der Waals surface area contributed by atoms with Crippen molar-refractivity contribution in [3.8, 4) is 5.75 Å². The lowest BCUT2D eigenvalue weighted by Gasteiger charge is -2.10. The van der Waals surface area contributed by atoms with Gasteiger partial charge in [-0.3, -0.25) is 4.79 Å². The number of halogens is 1. The van der Waals surface area contributed by atoms with E-state index in [-0.39, 0.29) is 17.1 Å². The van der Waals surface area contributed by atoms with Gasteiger partial charge in [-0.2, -0.15) is 0 Å². The lowest BCUT2D eigenvalue weighted by atomic mass is 10.1. The Labute approximate surface area is 115 Å². The van der Waals surface area contributed by atoms with Crippen molar-refractivity contribution in [2.24, 2.45) is 0 Å². The quantitative estimate of drug-likeness (QED) is 0.898. The summed E-state index contributed by atoms with van der Waals surface area (Å²) in [5, 5.41) is 3.02. The Morgan fingerprint density at radius 3 is 2.60 bits per heavy atom. The molecule has 0 radical (unpaired) electrons. The van der Waals surface area contributed by atoms with E-state index in [2.05, 4.69) is 15.3 Å². The zero-order valence-electron chi connectivity index (χ0n) is 11.6. The summed E-state index contributed by atoms with van der Waals surface area (Å²) in [4.78, 5) is 18.0. The average molecular weight is 277 g/mol. The van der Waals surface area contributed by atoms with E-state index < -0.39 is 0 Å². The molecule has 20 heavy (non-hydrogen) atoms. The molecule has 2 N–H and O–H groups in total. The monoisotopic (exact) mass is 277 g/mol. The third kappa shape index (κ3) is 2.79. The number of nitrogens with one attached hydrogen (secondary N) is 2. The smallest absolute Gasteiger partial charge is 0.295 e. The van der Waals surface area contributed by atoms with Crippen LogP contribution in [0.25, 0.3) is 0 Å². The Morgan fingerprint density at radius 1 is 1.35 bits per heavy atom. The summed E-state index contributed by atoms with van der Waals surface area (Å²) in [5.74, 6) is 0.291. The Morgan fingerprint density at radius 2 is 2.00 bits per heavy atom. The van der Waals surface area contributed by atoms with Crippen molar-refractivity contribution in [1.29, 1.82) is 0 Å². The van der Waals surface area contributed by atoms with E-state index in [9.17, 15) is 9.18 Å². The van der Waals surface area contributed by atoms with E-state index in [0.29, 0.717) is 23.5 Å². The minimum absolute atomic E-state index is 0.128. The predicted octanol–water partition coefficient (Wildman–Crippen LogP) is 2.15. The fraction of sp³-hybridized carbons (Fsp3) is 0.286. The van der Waals surface area contributed by atoms with Crippen molar-refractivity contribution in [2.45, 2.75) is 20.4 Å². The Bertz CT molecular complexity index is 659. The molecule has 106 valence electrons. The van der Waals surface area contributed by atoms with Gasteiger partial charge in [-0.15, -0.1) is 0 Å². The van der Waals surface area contributed by atoms with E-state index >= 15 is 0 Å². The Balaban J connectivity index is 2.21. The van der Waals surface area contributed by atoms with Crippen LogP contribution in [0.5, 0.6) is 5.75 Å². The van der Waals surface area contributed by atoms with Gasteiger partial charge < -0.3 is 15.0 Å². The van der Waals surface area contributed by atoms with Gasteiger partial charge in [0.05, 0.1) is 13.4 Å². The van der Waals surface area contributed by atoms with E-state index in [1.165, 1.54) is 13.4 Å². The Kier molecular flexibility index (Phi) is 4.02. The second-order valence-corrected chi connectivity index (χ2v) is 4.51. The molecule has 0 spiro atoms. The second-order valence-electron chi connectivity index (χ2n) is 4.51. The second kappa shape index (κ2) is 5.73. The predicted molar refractivity (Wildman–Crippen MR) is 74.6 cm³/mol. The molecule has 0 aliphatic carbocycles. The van der Waals surface area contributed by atoms with Crippen molar-refractivity contribution < 1.29 is 9.13 Å². The molecule has 0 aliphatic heterocycles. The molecule has 2 rings (SSSR count). The highest BCUT2D eigenvalue weighted by atomic mass is 19.1. The van der Waals surface area contributed by atoms with Crippen LogP contribution in [-0.4, -0.2) is 17.1 Å². The van der Waals surface area contributed by atoms with Crippen LogP contribution in [0.1, 0.15) is 16.7 Å². The number of nitrogens with zero attached hydrogens (tertiary/aromatic N) is 1. The number of methoxy groups -OCH3 is 1. The molecule has 0 unspecified atom stereocenters. The average Bonchev–Trinajstić information content (AvgIpc) is 2.42. The summed E-state index contributed by atoms with van der Waals surface area (Å²) in [6.07, 6.45) is 1.30. The molecule has 0 aliphatic rings. The number of aromatic nitrogens is 2. The maximum atomic E-state index is 13.5. The minimum Gasteiger partial charge on any atom is -0.489 e.